The zero-order chi connectivity index (χ0) is 12.0. The molecule has 0 aromatic heterocycles. The zero-order valence-corrected chi connectivity index (χ0v) is 9.90. The molecule has 0 heterocycles. The van der Waals surface area contributed by atoms with E-state index >= 15 is 0 Å². The number of benzene rings is 1. The molecule has 0 saturated heterocycles. The quantitative estimate of drug-likeness (QED) is 0.718. The van der Waals surface area contributed by atoms with Crippen LogP contribution in [0.3, 0.4) is 0 Å². The van der Waals surface area contributed by atoms with Gasteiger partial charge in [0.05, 0.1) is 13.7 Å². The van der Waals surface area contributed by atoms with Crippen LogP contribution in [0.1, 0.15) is 23.7 Å². The van der Waals surface area contributed by atoms with Crippen LogP contribution < -0.4 is 4.74 Å². The number of hydrogen-bond acceptors (Lipinski definition) is 3. The second-order valence-electron chi connectivity index (χ2n) is 3.36. The molecule has 0 unspecified atom stereocenters. The maximum absolute atomic E-state index is 11.7. The minimum Gasteiger partial charge on any atom is -0.494 e. The summed E-state index contributed by atoms with van der Waals surface area (Å²) in [4.78, 5) is 16.6. The highest BCUT2D eigenvalue weighted by Crippen LogP contribution is 2.14. The van der Waals surface area contributed by atoms with Gasteiger partial charge in [0.25, 0.3) is 5.91 Å². The number of ether oxygens (including phenoxy) is 1. The highest BCUT2D eigenvalue weighted by atomic mass is 16.7. The fourth-order valence-electron chi connectivity index (χ4n) is 1.20. The van der Waals surface area contributed by atoms with E-state index in [2.05, 4.69) is 0 Å². The van der Waals surface area contributed by atoms with Crippen molar-refractivity contribution in [1.82, 2.24) is 5.06 Å². The van der Waals surface area contributed by atoms with E-state index in [1.807, 2.05) is 13.0 Å². The molecule has 0 aliphatic carbocycles. The number of rotatable bonds is 5. The van der Waals surface area contributed by atoms with E-state index in [1.165, 1.54) is 12.2 Å². The van der Waals surface area contributed by atoms with Crippen LogP contribution in [0.25, 0.3) is 0 Å². The summed E-state index contributed by atoms with van der Waals surface area (Å²) in [6.07, 6.45) is 0.941. The lowest BCUT2D eigenvalue weighted by Gasteiger charge is -2.14. The van der Waals surface area contributed by atoms with Gasteiger partial charge in [0.15, 0.2) is 0 Å². The molecule has 0 bridgehead atoms. The van der Waals surface area contributed by atoms with E-state index < -0.39 is 0 Å². The van der Waals surface area contributed by atoms with Gasteiger partial charge in [-0.3, -0.25) is 9.63 Å². The summed E-state index contributed by atoms with van der Waals surface area (Å²) < 4.78 is 5.45. The van der Waals surface area contributed by atoms with Crippen LogP contribution in [0, 0.1) is 0 Å². The van der Waals surface area contributed by atoms with Gasteiger partial charge in [0.1, 0.15) is 5.75 Å². The third-order valence-corrected chi connectivity index (χ3v) is 2.11. The van der Waals surface area contributed by atoms with E-state index in [0.29, 0.717) is 17.9 Å². The number of amides is 1. The first-order valence-electron chi connectivity index (χ1n) is 5.24. The lowest BCUT2D eigenvalue weighted by atomic mass is 10.2. The van der Waals surface area contributed by atoms with Crippen molar-refractivity contribution in [2.24, 2.45) is 0 Å². The first-order chi connectivity index (χ1) is 7.69. The monoisotopic (exact) mass is 223 g/mol. The minimum absolute atomic E-state index is 0.190. The van der Waals surface area contributed by atoms with Crippen LogP contribution in [0.2, 0.25) is 0 Å². The van der Waals surface area contributed by atoms with E-state index in [4.69, 9.17) is 9.57 Å². The van der Waals surface area contributed by atoms with Gasteiger partial charge in [-0.25, -0.2) is 5.06 Å². The highest BCUT2D eigenvalue weighted by Gasteiger charge is 2.11. The molecule has 1 amide bonds. The van der Waals surface area contributed by atoms with Crippen LogP contribution in [-0.2, 0) is 4.84 Å². The minimum atomic E-state index is -0.190. The van der Waals surface area contributed by atoms with Gasteiger partial charge in [-0.2, -0.15) is 0 Å². The molecule has 0 fully saturated rings. The predicted molar refractivity (Wildman–Crippen MR) is 61.3 cm³/mol. The molecule has 0 radical (unpaired) electrons. The highest BCUT2D eigenvalue weighted by molar-refractivity contribution is 5.93. The Labute approximate surface area is 95.7 Å². The average molecular weight is 223 g/mol. The summed E-state index contributed by atoms with van der Waals surface area (Å²) in [6, 6.07) is 7.07. The lowest BCUT2D eigenvalue weighted by molar-refractivity contribution is -0.0757. The van der Waals surface area contributed by atoms with Crippen molar-refractivity contribution < 1.29 is 14.4 Å². The summed E-state index contributed by atoms with van der Waals surface area (Å²) in [7, 11) is 3.03. The molecule has 0 saturated carbocycles. The van der Waals surface area contributed by atoms with Crippen LogP contribution in [0.5, 0.6) is 5.75 Å². The topological polar surface area (TPSA) is 38.8 Å². The van der Waals surface area contributed by atoms with Crippen molar-refractivity contribution >= 4 is 5.91 Å². The number of hydroxylamine groups is 2. The fraction of sp³-hybridized carbons (Fsp3) is 0.417. The Kier molecular flexibility index (Phi) is 4.79. The molecular weight excluding hydrogens is 206 g/mol. The van der Waals surface area contributed by atoms with Crippen molar-refractivity contribution in [2.45, 2.75) is 13.3 Å². The van der Waals surface area contributed by atoms with Gasteiger partial charge < -0.3 is 4.74 Å². The Hall–Kier alpha value is -1.55. The predicted octanol–water partition coefficient (Wildman–Crippen LogP) is 2.11. The Morgan fingerprint density at radius 3 is 2.81 bits per heavy atom. The molecule has 0 aliphatic heterocycles. The lowest BCUT2D eigenvalue weighted by Crippen LogP contribution is -2.25. The average Bonchev–Trinajstić information content (AvgIpc) is 2.34. The Balaban J connectivity index is 2.77. The SMILES string of the molecule is CCCOc1cccc(C(=O)N(C)OC)c1. The van der Waals surface area contributed by atoms with Crippen molar-refractivity contribution in [3.8, 4) is 5.75 Å². The first-order valence-corrected chi connectivity index (χ1v) is 5.24. The third-order valence-electron chi connectivity index (χ3n) is 2.11. The molecule has 0 N–H and O–H groups in total. The molecule has 4 nitrogen and oxygen atoms in total. The Morgan fingerprint density at radius 2 is 2.19 bits per heavy atom. The van der Waals surface area contributed by atoms with E-state index in [0.717, 1.165) is 6.42 Å². The maximum Gasteiger partial charge on any atom is 0.277 e. The third kappa shape index (κ3) is 3.24. The molecule has 0 atom stereocenters. The normalized spacial score (nSPS) is 9.94. The van der Waals surface area contributed by atoms with Gasteiger partial charge in [0.2, 0.25) is 0 Å². The Bertz CT molecular complexity index is 352. The van der Waals surface area contributed by atoms with Crippen LogP contribution in [0.15, 0.2) is 24.3 Å². The molecule has 4 heteroatoms. The molecule has 1 rings (SSSR count). The summed E-state index contributed by atoms with van der Waals surface area (Å²) in [5.74, 6) is 0.515. The molecule has 0 spiro atoms. The van der Waals surface area contributed by atoms with Crippen molar-refractivity contribution in [1.29, 1.82) is 0 Å². The summed E-state index contributed by atoms with van der Waals surface area (Å²) >= 11 is 0. The number of carbonyl (C=O) groups is 1. The van der Waals surface area contributed by atoms with Gasteiger partial charge in [-0.05, 0) is 24.6 Å². The van der Waals surface area contributed by atoms with E-state index in [1.54, 1.807) is 25.2 Å². The van der Waals surface area contributed by atoms with Crippen LogP contribution in [-0.4, -0.2) is 31.7 Å². The van der Waals surface area contributed by atoms with Crippen molar-refractivity contribution in [2.75, 3.05) is 20.8 Å². The zero-order valence-electron chi connectivity index (χ0n) is 9.90. The first kappa shape index (κ1) is 12.5. The molecule has 1 aromatic rings. The van der Waals surface area contributed by atoms with Crippen molar-refractivity contribution in [3.63, 3.8) is 0 Å². The molecule has 1 aromatic carbocycles. The van der Waals surface area contributed by atoms with Crippen LogP contribution in [0.4, 0.5) is 0 Å². The smallest absolute Gasteiger partial charge is 0.277 e. The second kappa shape index (κ2) is 6.12. The molecule has 88 valence electrons. The Morgan fingerprint density at radius 1 is 1.44 bits per heavy atom. The van der Waals surface area contributed by atoms with Crippen LogP contribution >= 0.6 is 0 Å². The molecule has 16 heavy (non-hydrogen) atoms. The van der Waals surface area contributed by atoms with E-state index in [9.17, 15) is 4.79 Å². The molecule has 0 aliphatic rings. The maximum atomic E-state index is 11.7. The van der Waals surface area contributed by atoms with Gasteiger partial charge >= 0.3 is 0 Å². The van der Waals surface area contributed by atoms with Gasteiger partial charge in [0, 0.05) is 12.6 Å². The van der Waals surface area contributed by atoms with Gasteiger partial charge in [-0.15, -0.1) is 0 Å². The standard InChI is InChI=1S/C12H17NO3/c1-4-8-16-11-7-5-6-10(9-11)12(14)13(2)15-3/h5-7,9H,4,8H2,1-3H3. The largest absolute Gasteiger partial charge is 0.494 e. The number of hydrogen-bond donors (Lipinski definition) is 0. The van der Waals surface area contributed by atoms with Gasteiger partial charge in [-0.1, -0.05) is 13.0 Å². The molecular formula is C12H17NO3. The number of nitrogens with zero attached hydrogens (tertiary/aromatic N) is 1. The summed E-state index contributed by atoms with van der Waals surface area (Å²) in [5.41, 5.74) is 0.554. The number of carbonyl (C=O) groups excluding carboxylic acids is 1. The second-order valence-corrected chi connectivity index (χ2v) is 3.36. The van der Waals surface area contributed by atoms with E-state index in [-0.39, 0.29) is 5.91 Å². The summed E-state index contributed by atoms with van der Waals surface area (Å²) in [6.45, 7) is 2.69. The summed E-state index contributed by atoms with van der Waals surface area (Å²) in [5, 5.41) is 1.18. The van der Waals surface area contributed by atoms with Crippen molar-refractivity contribution in [3.05, 3.63) is 29.8 Å². The fourth-order valence-corrected chi connectivity index (χ4v) is 1.20.